The molecule has 360 valence electrons. The maximum Gasteiger partial charge on any atom is 0.167 e. The number of H-pyrrole nitrogens is 1. The summed E-state index contributed by atoms with van der Waals surface area (Å²) in [5.41, 5.74) is 5.56. The molecule has 68 heavy (non-hydrogen) atoms. The van der Waals surface area contributed by atoms with E-state index in [1.54, 1.807) is 43.0 Å². The number of carbonyl (C=O) groups is 1. The number of aromatic amines is 1. The molecule has 13 heteroatoms. The molecule has 1 aliphatic carbocycles. The van der Waals surface area contributed by atoms with Crippen LogP contribution in [-0.2, 0) is 41.8 Å². The third kappa shape index (κ3) is 11.5. The van der Waals surface area contributed by atoms with Gasteiger partial charge in [0.15, 0.2) is 23.0 Å². The number of phenols is 3. The van der Waals surface area contributed by atoms with Crippen molar-refractivity contribution in [3.05, 3.63) is 148 Å². The number of carbonyl (C=O) groups excluding carboxylic acids is 1. The Hall–Kier alpha value is -5.15. The van der Waals surface area contributed by atoms with E-state index in [-0.39, 0.29) is 48.1 Å². The maximum atomic E-state index is 15.4. The van der Waals surface area contributed by atoms with Gasteiger partial charge in [-0.2, -0.15) is 0 Å². The van der Waals surface area contributed by atoms with Crippen molar-refractivity contribution in [2.24, 2.45) is 5.92 Å². The van der Waals surface area contributed by atoms with Crippen LogP contribution >= 0.6 is 21.6 Å². The van der Waals surface area contributed by atoms with Gasteiger partial charge >= 0.3 is 0 Å². The van der Waals surface area contributed by atoms with Crippen LogP contribution in [-0.4, -0.2) is 81.2 Å². The van der Waals surface area contributed by atoms with Crippen molar-refractivity contribution in [2.45, 2.75) is 100 Å². The Morgan fingerprint density at radius 2 is 1.66 bits per heavy atom. The minimum absolute atomic E-state index is 0.0216. The lowest BCUT2D eigenvalue weighted by Gasteiger charge is -2.38. The molecule has 0 saturated heterocycles. The zero-order valence-corrected chi connectivity index (χ0v) is 40.9. The van der Waals surface area contributed by atoms with Gasteiger partial charge in [-0.3, -0.25) is 10.1 Å². The highest BCUT2D eigenvalue weighted by Gasteiger charge is 2.36. The monoisotopic (exact) mass is 959 g/mol. The number of fused-ring (bicyclic) bond motifs is 2. The Balaban J connectivity index is 1.16. The van der Waals surface area contributed by atoms with E-state index in [1.807, 2.05) is 61.9 Å². The number of aliphatic hydroxyl groups is 2. The van der Waals surface area contributed by atoms with Gasteiger partial charge in [-0.05, 0) is 126 Å². The summed E-state index contributed by atoms with van der Waals surface area (Å²) in [6.07, 6.45) is 9.07. The second-order valence-electron chi connectivity index (χ2n) is 18.9. The van der Waals surface area contributed by atoms with E-state index in [0.29, 0.717) is 54.4 Å². The first-order valence-corrected chi connectivity index (χ1v) is 26.2. The predicted molar refractivity (Wildman–Crippen MR) is 273 cm³/mol. The number of benzene rings is 5. The number of aromatic nitrogens is 1. The van der Waals surface area contributed by atoms with E-state index < -0.39 is 23.5 Å². The molecule has 11 nitrogen and oxygen atoms in total. The number of Topliss-reactive ketones (excluding diaryl/α,β-unsaturated/α-hetero) is 1. The summed E-state index contributed by atoms with van der Waals surface area (Å²) in [6.45, 7) is 2.14. The van der Waals surface area contributed by atoms with E-state index >= 15 is 4.79 Å². The second kappa shape index (κ2) is 22.1. The number of aromatic hydroxyl groups is 3. The zero-order valence-electron chi connectivity index (χ0n) is 39.2. The number of ketones is 1. The number of hydrogen-bond donors (Lipinski definition) is 8. The maximum absolute atomic E-state index is 15.4. The molecule has 1 aliphatic heterocycles. The number of nitrogens with one attached hydrogen (secondary N) is 3. The van der Waals surface area contributed by atoms with Gasteiger partial charge in [0, 0.05) is 65.9 Å². The molecule has 1 aromatic heterocycles. The average Bonchev–Trinajstić information content (AvgIpc) is 3.85. The normalized spacial score (nSPS) is 19.0. The van der Waals surface area contributed by atoms with Crippen LogP contribution in [0.3, 0.4) is 0 Å². The van der Waals surface area contributed by atoms with Crippen molar-refractivity contribution in [1.82, 2.24) is 15.6 Å². The Bertz CT molecular complexity index is 2660. The molecule has 5 aromatic carbocycles. The molecule has 0 radical (unpaired) electrons. The molecule has 4 atom stereocenters. The highest BCUT2D eigenvalue weighted by Crippen LogP contribution is 2.44. The minimum atomic E-state index is -1.09. The van der Waals surface area contributed by atoms with Crippen LogP contribution in [0, 0.1) is 5.92 Å². The van der Waals surface area contributed by atoms with Crippen molar-refractivity contribution in [3.63, 3.8) is 0 Å². The summed E-state index contributed by atoms with van der Waals surface area (Å²) >= 11 is 0. The number of ether oxygens (including phenoxy) is 2. The Morgan fingerprint density at radius 1 is 0.882 bits per heavy atom. The molecule has 0 amide bonds. The van der Waals surface area contributed by atoms with Gasteiger partial charge in [-0.1, -0.05) is 102 Å². The molecule has 8 rings (SSSR count). The topological polar surface area (TPSA) is 177 Å². The van der Waals surface area contributed by atoms with Crippen molar-refractivity contribution in [2.75, 3.05) is 33.2 Å². The van der Waals surface area contributed by atoms with Gasteiger partial charge in [0.25, 0.3) is 0 Å². The molecular weight excluding hydrogens is 895 g/mol. The van der Waals surface area contributed by atoms with Crippen molar-refractivity contribution < 1.29 is 39.8 Å². The van der Waals surface area contributed by atoms with Gasteiger partial charge in [-0.25, -0.2) is 0 Å². The van der Waals surface area contributed by atoms with E-state index in [0.717, 1.165) is 81.8 Å². The van der Waals surface area contributed by atoms with Crippen molar-refractivity contribution in [1.29, 1.82) is 0 Å². The predicted octanol–water partition coefficient (Wildman–Crippen LogP) is 9.58. The van der Waals surface area contributed by atoms with E-state index in [4.69, 9.17) is 9.47 Å². The highest BCUT2D eigenvalue weighted by molar-refractivity contribution is 8.76. The SMILES string of the molecule is CNC1(c2cc(O)cc(C(Cc3ccc(O)c4c3CSSCC(C)(O)CNCO4)C(=O)CC(O)C(Cc3cc[nH]c3)Cc3ccc(O)c(OC)c3Cc3cccc4ccccc34)c2)CCCCC1. The van der Waals surface area contributed by atoms with E-state index in [2.05, 4.69) is 45.9 Å². The molecule has 0 bridgehead atoms. The summed E-state index contributed by atoms with van der Waals surface area (Å²) in [5.74, 6) is 0.277. The van der Waals surface area contributed by atoms with Gasteiger partial charge in [-0.15, -0.1) is 0 Å². The lowest BCUT2D eigenvalue weighted by Crippen LogP contribution is -2.41. The van der Waals surface area contributed by atoms with Crippen LogP contribution in [0.2, 0.25) is 0 Å². The molecule has 6 aromatic rings. The molecule has 4 unspecified atom stereocenters. The second-order valence-corrected chi connectivity index (χ2v) is 21.4. The molecule has 2 aliphatic rings. The Kier molecular flexibility index (Phi) is 16.0. The molecular formula is C55H65N3O8S2. The number of β-amino-alcohol motifs (C(OH)–C–C–N with tert-alkyl or cyclic N) is 1. The van der Waals surface area contributed by atoms with Crippen LogP contribution in [0.4, 0.5) is 0 Å². The third-order valence-corrected chi connectivity index (χ3v) is 16.6. The van der Waals surface area contributed by atoms with Crippen LogP contribution in [0.15, 0.2) is 103 Å². The summed E-state index contributed by atoms with van der Waals surface area (Å²) in [5, 5.41) is 66.2. The van der Waals surface area contributed by atoms with Crippen molar-refractivity contribution in [3.8, 4) is 28.7 Å². The summed E-state index contributed by atoms with van der Waals surface area (Å²) in [6, 6.07) is 28.9. The molecule has 0 spiro atoms. The largest absolute Gasteiger partial charge is 0.508 e. The fourth-order valence-corrected chi connectivity index (χ4v) is 12.9. The Labute approximate surface area is 407 Å². The van der Waals surface area contributed by atoms with Gasteiger partial charge < -0.3 is 45.3 Å². The minimum Gasteiger partial charge on any atom is -0.508 e. The first kappa shape index (κ1) is 49.3. The van der Waals surface area contributed by atoms with Gasteiger partial charge in [0.1, 0.15) is 18.3 Å². The van der Waals surface area contributed by atoms with Crippen LogP contribution in [0.25, 0.3) is 10.8 Å². The summed E-state index contributed by atoms with van der Waals surface area (Å²) < 4.78 is 12.1. The quantitative estimate of drug-likeness (QED) is 0.0432. The third-order valence-electron chi connectivity index (χ3n) is 14.1. The highest BCUT2D eigenvalue weighted by atomic mass is 33.1. The van der Waals surface area contributed by atoms with Crippen molar-refractivity contribution >= 4 is 38.1 Å². The fourth-order valence-electron chi connectivity index (χ4n) is 10.4. The first-order chi connectivity index (χ1) is 32.9. The van der Waals surface area contributed by atoms with E-state index in [1.165, 1.54) is 10.8 Å². The number of methoxy groups -OCH3 is 1. The first-order valence-electron chi connectivity index (χ1n) is 23.7. The van der Waals surface area contributed by atoms with E-state index in [9.17, 15) is 25.5 Å². The smallest absolute Gasteiger partial charge is 0.167 e. The van der Waals surface area contributed by atoms with Crippen LogP contribution in [0.5, 0.6) is 28.7 Å². The molecule has 1 fully saturated rings. The Morgan fingerprint density at radius 3 is 2.44 bits per heavy atom. The van der Waals surface area contributed by atoms with Crippen LogP contribution in [0.1, 0.15) is 95.9 Å². The van der Waals surface area contributed by atoms with Gasteiger partial charge in [0.05, 0.1) is 18.8 Å². The summed E-state index contributed by atoms with van der Waals surface area (Å²) in [4.78, 5) is 18.5. The fraction of sp³-hybridized carbons (Fsp3) is 0.400. The number of aliphatic hydroxyl groups excluding tert-OH is 1. The lowest BCUT2D eigenvalue weighted by molar-refractivity contribution is -0.123. The standard InChI is InChI=1S/C55H65N3O8S2/c1-54(64)32-58-34-66-53-47(31-67-68-33-54)39(15-17-49(53)61)26-45(40-24-42(28-43(59)25-40)55(56-2)19-7-4-8-20-55)51(63)29-50(62)41(22-35-18-21-57-30-35)23-38-14-16-48(60)52(65-3)46(38)27-37-12-9-11-36-10-5-6-13-44(36)37/h5-6,9-18,21,24-25,28,30,41,45,50,56-62,64H,4,7-8,19-20,22-23,26-27,29,31-34H2,1-3H3. The van der Waals surface area contributed by atoms with Gasteiger partial charge in [0.2, 0.25) is 0 Å². The molecule has 2 heterocycles. The molecule has 1 saturated carbocycles. The number of hydrogen-bond acceptors (Lipinski definition) is 12. The zero-order chi connectivity index (χ0) is 47.8. The number of phenolic OH excluding ortho intramolecular Hbond substituents is 3. The molecule has 8 N–H and O–H groups in total. The number of rotatable bonds is 16. The lowest BCUT2D eigenvalue weighted by atomic mass is 9.74. The summed E-state index contributed by atoms with van der Waals surface area (Å²) in [7, 11) is 6.59. The van der Waals surface area contributed by atoms with Crippen LogP contribution < -0.4 is 20.1 Å². The average molecular weight is 960 g/mol.